The monoisotopic (exact) mass is 275 g/mol. The summed E-state index contributed by atoms with van der Waals surface area (Å²) >= 11 is 0. The molecule has 20 heavy (non-hydrogen) atoms. The molecule has 1 N–H and O–H groups in total. The fourth-order valence-electron chi connectivity index (χ4n) is 3.33. The molecule has 3 nitrogen and oxygen atoms in total. The maximum atomic E-state index is 3.44. The summed E-state index contributed by atoms with van der Waals surface area (Å²) in [4.78, 5) is 4.94. The van der Waals surface area contributed by atoms with E-state index in [4.69, 9.17) is 0 Å². The lowest BCUT2D eigenvalue weighted by atomic mass is 9.99. The highest BCUT2D eigenvalue weighted by molar-refractivity contribution is 5.55. The highest BCUT2D eigenvalue weighted by atomic mass is 15.2. The maximum absolute atomic E-state index is 3.44. The number of hydrogen-bond acceptors (Lipinski definition) is 3. The van der Waals surface area contributed by atoms with Crippen LogP contribution in [0.1, 0.15) is 37.8 Å². The van der Waals surface area contributed by atoms with Crippen LogP contribution in [0.3, 0.4) is 0 Å². The molecule has 1 aliphatic rings. The fourth-order valence-corrected chi connectivity index (χ4v) is 3.33. The zero-order chi connectivity index (χ0) is 14.5. The zero-order valence-electron chi connectivity index (χ0n) is 13.4. The normalized spacial score (nSPS) is 21.7. The van der Waals surface area contributed by atoms with Crippen molar-refractivity contribution in [2.75, 3.05) is 39.1 Å². The van der Waals surface area contributed by atoms with Gasteiger partial charge in [-0.2, -0.15) is 0 Å². The van der Waals surface area contributed by atoms with E-state index in [0.29, 0.717) is 12.1 Å². The number of anilines is 1. The topological polar surface area (TPSA) is 18.5 Å². The van der Waals surface area contributed by atoms with Gasteiger partial charge in [0.25, 0.3) is 0 Å². The van der Waals surface area contributed by atoms with E-state index in [1.54, 1.807) is 0 Å². The summed E-state index contributed by atoms with van der Waals surface area (Å²) in [6.07, 6.45) is 3.72. The van der Waals surface area contributed by atoms with E-state index in [0.717, 1.165) is 6.42 Å². The molecule has 3 heteroatoms. The van der Waals surface area contributed by atoms with Crippen molar-refractivity contribution < 1.29 is 0 Å². The van der Waals surface area contributed by atoms with Crippen LogP contribution in [0.15, 0.2) is 24.3 Å². The summed E-state index contributed by atoms with van der Waals surface area (Å²) in [6, 6.07) is 9.91. The molecule has 0 saturated carbocycles. The first-order chi connectivity index (χ1) is 9.67. The first-order valence-electron chi connectivity index (χ1n) is 7.85. The standard InChI is InChI=1S/C17H29N3/c1-5-16(18-2)15-10-6-7-11-17(15)20(4)14-9-8-12-19(3)13-14/h6-7,10-11,14,16,18H,5,8-9,12-13H2,1-4H3. The molecule has 0 radical (unpaired) electrons. The Morgan fingerprint density at radius 1 is 1.40 bits per heavy atom. The van der Waals surface area contributed by atoms with Gasteiger partial charge in [0.1, 0.15) is 0 Å². The molecule has 2 unspecified atom stereocenters. The number of likely N-dealkylation sites (tertiary alicyclic amines) is 1. The van der Waals surface area contributed by atoms with E-state index in [9.17, 15) is 0 Å². The number of likely N-dealkylation sites (N-methyl/N-ethyl adjacent to an activating group) is 2. The molecular formula is C17H29N3. The Bertz CT molecular complexity index is 414. The van der Waals surface area contributed by atoms with Gasteiger partial charge >= 0.3 is 0 Å². The molecule has 0 bridgehead atoms. The Hall–Kier alpha value is -1.06. The summed E-state index contributed by atoms with van der Waals surface area (Å²) in [6.45, 7) is 4.65. The van der Waals surface area contributed by atoms with E-state index >= 15 is 0 Å². The van der Waals surface area contributed by atoms with Crippen LogP contribution < -0.4 is 10.2 Å². The van der Waals surface area contributed by atoms with E-state index in [-0.39, 0.29) is 0 Å². The third-order valence-corrected chi connectivity index (χ3v) is 4.60. The first-order valence-corrected chi connectivity index (χ1v) is 7.85. The van der Waals surface area contributed by atoms with Gasteiger partial charge in [0.2, 0.25) is 0 Å². The summed E-state index contributed by atoms with van der Waals surface area (Å²) in [5.74, 6) is 0. The third kappa shape index (κ3) is 3.33. The van der Waals surface area contributed by atoms with Crippen LogP contribution in [-0.2, 0) is 0 Å². The van der Waals surface area contributed by atoms with Crippen LogP contribution in [-0.4, -0.2) is 45.2 Å². The lowest BCUT2D eigenvalue weighted by Gasteiger charge is -2.38. The Balaban J connectivity index is 2.22. The molecule has 0 aromatic heterocycles. The van der Waals surface area contributed by atoms with Crippen molar-refractivity contribution in [2.24, 2.45) is 0 Å². The van der Waals surface area contributed by atoms with Crippen molar-refractivity contribution >= 4 is 5.69 Å². The number of para-hydroxylation sites is 1. The molecule has 2 atom stereocenters. The van der Waals surface area contributed by atoms with Crippen LogP contribution in [0.5, 0.6) is 0 Å². The zero-order valence-corrected chi connectivity index (χ0v) is 13.4. The number of benzene rings is 1. The van der Waals surface area contributed by atoms with Crippen LogP contribution in [0, 0.1) is 0 Å². The molecule has 112 valence electrons. The van der Waals surface area contributed by atoms with Crippen LogP contribution in [0.25, 0.3) is 0 Å². The predicted molar refractivity (Wildman–Crippen MR) is 87.5 cm³/mol. The van der Waals surface area contributed by atoms with Gasteiger partial charge < -0.3 is 15.1 Å². The van der Waals surface area contributed by atoms with E-state index in [1.807, 2.05) is 0 Å². The van der Waals surface area contributed by atoms with Crippen molar-refractivity contribution in [3.8, 4) is 0 Å². The largest absolute Gasteiger partial charge is 0.370 e. The highest BCUT2D eigenvalue weighted by Crippen LogP contribution is 2.30. The van der Waals surface area contributed by atoms with Crippen molar-refractivity contribution in [3.05, 3.63) is 29.8 Å². The lowest BCUT2D eigenvalue weighted by molar-refractivity contribution is 0.247. The number of hydrogen-bond donors (Lipinski definition) is 1. The van der Waals surface area contributed by atoms with Gasteiger partial charge in [-0.25, -0.2) is 0 Å². The Kier molecular flexibility index (Phi) is 5.44. The maximum Gasteiger partial charge on any atom is 0.0415 e. The van der Waals surface area contributed by atoms with Gasteiger partial charge in [-0.1, -0.05) is 25.1 Å². The molecule has 0 amide bonds. The molecule has 0 spiro atoms. The minimum Gasteiger partial charge on any atom is -0.370 e. The molecule has 1 fully saturated rings. The van der Waals surface area contributed by atoms with E-state index < -0.39 is 0 Å². The first kappa shape index (κ1) is 15.3. The molecular weight excluding hydrogens is 246 g/mol. The van der Waals surface area contributed by atoms with Gasteiger partial charge in [0, 0.05) is 31.4 Å². The van der Waals surface area contributed by atoms with Gasteiger partial charge in [0.05, 0.1) is 0 Å². The minimum absolute atomic E-state index is 0.440. The van der Waals surface area contributed by atoms with Gasteiger partial charge in [-0.3, -0.25) is 0 Å². The van der Waals surface area contributed by atoms with Crippen molar-refractivity contribution in [1.82, 2.24) is 10.2 Å². The number of nitrogens with zero attached hydrogens (tertiary/aromatic N) is 2. The molecule has 1 aliphatic heterocycles. The number of piperidine rings is 1. The second-order valence-electron chi connectivity index (χ2n) is 5.98. The van der Waals surface area contributed by atoms with Crippen LogP contribution in [0.2, 0.25) is 0 Å². The van der Waals surface area contributed by atoms with Crippen molar-refractivity contribution in [1.29, 1.82) is 0 Å². The number of rotatable bonds is 5. The molecule has 1 aromatic rings. The van der Waals surface area contributed by atoms with E-state index in [2.05, 4.69) is 67.4 Å². The summed E-state index contributed by atoms with van der Waals surface area (Å²) < 4.78 is 0. The summed E-state index contributed by atoms with van der Waals surface area (Å²) in [5.41, 5.74) is 2.81. The molecule has 1 saturated heterocycles. The van der Waals surface area contributed by atoms with Gasteiger partial charge in [-0.15, -0.1) is 0 Å². The molecule has 2 rings (SSSR count). The fraction of sp³-hybridized carbons (Fsp3) is 0.647. The van der Waals surface area contributed by atoms with Gasteiger partial charge in [0.15, 0.2) is 0 Å². The molecule has 0 aliphatic carbocycles. The Labute approximate surface area is 124 Å². The minimum atomic E-state index is 0.440. The molecule has 1 aromatic carbocycles. The van der Waals surface area contributed by atoms with Crippen molar-refractivity contribution in [2.45, 2.75) is 38.3 Å². The lowest BCUT2D eigenvalue weighted by Crippen LogP contribution is -2.45. The quantitative estimate of drug-likeness (QED) is 0.891. The highest BCUT2D eigenvalue weighted by Gasteiger charge is 2.23. The third-order valence-electron chi connectivity index (χ3n) is 4.60. The molecule has 1 heterocycles. The Morgan fingerprint density at radius 3 is 2.80 bits per heavy atom. The second kappa shape index (κ2) is 7.09. The van der Waals surface area contributed by atoms with Crippen LogP contribution >= 0.6 is 0 Å². The van der Waals surface area contributed by atoms with Gasteiger partial charge in [-0.05, 0) is 51.5 Å². The average Bonchev–Trinajstić information content (AvgIpc) is 2.48. The summed E-state index contributed by atoms with van der Waals surface area (Å²) in [5, 5.41) is 3.44. The SMILES string of the molecule is CCC(NC)c1ccccc1N(C)C1CCCN(C)C1. The average molecular weight is 275 g/mol. The number of nitrogens with one attached hydrogen (secondary N) is 1. The predicted octanol–water partition coefficient (Wildman–Crippen LogP) is 2.89. The van der Waals surface area contributed by atoms with E-state index in [1.165, 1.54) is 37.2 Å². The smallest absolute Gasteiger partial charge is 0.0415 e. The summed E-state index contributed by atoms with van der Waals surface area (Å²) in [7, 11) is 6.54. The van der Waals surface area contributed by atoms with Crippen LogP contribution in [0.4, 0.5) is 5.69 Å². The second-order valence-corrected chi connectivity index (χ2v) is 5.98. The van der Waals surface area contributed by atoms with Crippen molar-refractivity contribution in [3.63, 3.8) is 0 Å². The Morgan fingerprint density at radius 2 is 2.15 bits per heavy atom.